The summed E-state index contributed by atoms with van der Waals surface area (Å²) in [4.78, 5) is 12.1. The van der Waals surface area contributed by atoms with E-state index in [-0.39, 0.29) is 17.4 Å². The predicted molar refractivity (Wildman–Crippen MR) is 65.6 cm³/mol. The van der Waals surface area contributed by atoms with E-state index in [0.29, 0.717) is 5.02 Å². The molecule has 1 fully saturated rings. The largest absolute Gasteiger partial charge is 0.353 e. The van der Waals surface area contributed by atoms with Gasteiger partial charge in [0.15, 0.2) is 0 Å². The van der Waals surface area contributed by atoms with Gasteiger partial charge in [-0.3, -0.25) is 4.79 Å². The molecule has 0 heterocycles. The van der Waals surface area contributed by atoms with Crippen LogP contribution in [0.5, 0.6) is 0 Å². The third-order valence-electron chi connectivity index (χ3n) is 2.99. The van der Waals surface area contributed by atoms with Crippen LogP contribution in [0.25, 0.3) is 0 Å². The molecule has 1 N–H and O–H groups in total. The number of nitrogens with one attached hydrogen (secondary N) is 1. The zero-order valence-corrected chi connectivity index (χ0v) is 10.3. The van der Waals surface area contributed by atoms with Crippen LogP contribution in [0.15, 0.2) is 24.3 Å². The van der Waals surface area contributed by atoms with E-state index >= 15 is 0 Å². The van der Waals surface area contributed by atoms with Crippen LogP contribution < -0.4 is 5.32 Å². The molecule has 2 rings (SSSR count). The molecule has 0 unspecified atom stereocenters. The number of carbonyl (C=O) groups is 1. The normalized spacial score (nSPS) is 17.2. The first kappa shape index (κ1) is 11.5. The van der Waals surface area contributed by atoms with Gasteiger partial charge >= 0.3 is 0 Å². The minimum Gasteiger partial charge on any atom is -0.353 e. The molecule has 1 amide bonds. The molecule has 86 valence electrons. The van der Waals surface area contributed by atoms with Gasteiger partial charge in [-0.1, -0.05) is 29.8 Å². The molecule has 16 heavy (non-hydrogen) atoms. The second-order valence-corrected chi connectivity index (χ2v) is 5.10. The molecule has 1 aromatic carbocycles. The minimum absolute atomic E-state index is 0.107. The average molecular weight is 238 g/mol. The smallest absolute Gasteiger partial charge is 0.230 e. The summed E-state index contributed by atoms with van der Waals surface area (Å²) in [5, 5.41) is 3.67. The van der Waals surface area contributed by atoms with Crippen molar-refractivity contribution in [1.29, 1.82) is 0 Å². The quantitative estimate of drug-likeness (QED) is 0.861. The van der Waals surface area contributed by atoms with Crippen molar-refractivity contribution in [3.8, 4) is 0 Å². The van der Waals surface area contributed by atoms with Crippen molar-refractivity contribution in [3.63, 3.8) is 0 Å². The molecule has 1 aliphatic carbocycles. The van der Waals surface area contributed by atoms with Gasteiger partial charge in [0.25, 0.3) is 0 Å². The van der Waals surface area contributed by atoms with Gasteiger partial charge in [0.2, 0.25) is 5.91 Å². The van der Waals surface area contributed by atoms with E-state index in [2.05, 4.69) is 5.32 Å². The highest BCUT2D eigenvalue weighted by Crippen LogP contribution is 2.50. The Labute approximate surface area is 101 Å². The Morgan fingerprint density at radius 1 is 1.38 bits per heavy atom. The topological polar surface area (TPSA) is 29.1 Å². The summed E-state index contributed by atoms with van der Waals surface area (Å²) in [7, 11) is 0. The lowest BCUT2D eigenvalue weighted by atomic mass is 9.94. The van der Waals surface area contributed by atoms with Crippen LogP contribution in [-0.4, -0.2) is 11.9 Å². The summed E-state index contributed by atoms with van der Waals surface area (Å²) < 4.78 is 0. The third kappa shape index (κ3) is 1.94. The Morgan fingerprint density at radius 2 is 2.00 bits per heavy atom. The summed E-state index contributed by atoms with van der Waals surface area (Å²) >= 11 is 6.15. The van der Waals surface area contributed by atoms with Gasteiger partial charge in [-0.15, -0.1) is 0 Å². The Kier molecular flexibility index (Phi) is 2.94. The SMILES string of the molecule is CC(C)NC(=O)C1(c2ccccc2Cl)CC1. The first-order valence-electron chi connectivity index (χ1n) is 5.62. The van der Waals surface area contributed by atoms with Gasteiger partial charge < -0.3 is 5.32 Å². The van der Waals surface area contributed by atoms with Crippen LogP contribution >= 0.6 is 11.6 Å². The molecule has 1 saturated carbocycles. The van der Waals surface area contributed by atoms with E-state index in [1.54, 1.807) is 0 Å². The van der Waals surface area contributed by atoms with Crippen LogP contribution in [0.1, 0.15) is 32.3 Å². The lowest BCUT2D eigenvalue weighted by Gasteiger charge is -2.18. The van der Waals surface area contributed by atoms with Gasteiger partial charge in [0, 0.05) is 11.1 Å². The zero-order chi connectivity index (χ0) is 11.8. The first-order valence-corrected chi connectivity index (χ1v) is 6.00. The maximum Gasteiger partial charge on any atom is 0.230 e. The fourth-order valence-corrected chi connectivity index (χ4v) is 2.31. The molecule has 3 heteroatoms. The summed E-state index contributed by atoms with van der Waals surface area (Å²) in [6.07, 6.45) is 1.80. The number of hydrogen-bond acceptors (Lipinski definition) is 1. The Balaban J connectivity index is 2.27. The van der Waals surface area contributed by atoms with Crippen LogP contribution in [0.2, 0.25) is 5.02 Å². The van der Waals surface area contributed by atoms with Crippen molar-refractivity contribution in [3.05, 3.63) is 34.9 Å². The highest BCUT2D eigenvalue weighted by molar-refractivity contribution is 6.31. The minimum atomic E-state index is -0.359. The van der Waals surface area contributed by atoms with Crippen LogP contribution in [-0.2, 0) is 10.2 Å². The number of amides is 1. The predicted octanol–water partition coefficient (Wildman–Crippen LogP) is 2.90. The van der Waals surface area contributed by atoms with Crippen LogP contribution in [0, 0.1) is 0 Å². The number of benzene rings is 1. The maximum absolute atomic E-state index is 12.1. The maximum atomic E-state index is 12.1. The Morgan fingerprint density at radius 3 is 2.50 bits per heavy atom. The monoisotopic (exact) mass is 237 g/mol. The summed E-state index contributed by atoms with van der Waals surface area (Å²) in [5.74, 6) is 0.107. The average Bonchev–Trinajstić information content (AvgIpc) is 2.98. The lowest BCUT2D eigenvalue weighted by molar-refractivity contribution is -0.124. The fraction of sp³-hybridized carbons (Fsp3) is 0.462. The zero-order valence-electron chi connectivity index (χ0n) is 9.59. The lowest BCUT2D eigenvalue weighted by Crippen LogP contribution is -2.38. The summed E-state index contributed by atoms with van der Waals surface area (Å²) in [6.45, 7) is 3.95. The Hall–Kier alpha value is -1.02. The highest BCUT2D eigenvalue weighted by Gasteiger charge is 2.52. The van der Waals surface area contributed by atoms with E-state index in [4.69, 9.17) is 11.6 Å². The third-order valence-corrected chi connectivity index (χ3v) is 3.32. The fourth-order valence-electron chi connectivity index (χ4n) is 1.99. The number of carbonyl (C=O) groups excluding carboxylic acids is 1. The standard InChI is InChI=1S/C13H16ClNO/c1-9(2)15-12(16)13(7-8-13)10-5-3-4-6-11(10)14/h3-6,9H,7-8H2,1-2H3,(H,15,16). The van der Waals surface area contributed by atoms with Crippen molar-refractivity contribution >= 4 is 17.5 Å². The van der Waals surface area contributed by atoms with Gasteiger partial charge in [0.05, 0.1) is 5.41 Å². The highest BCUT2D eigenvalue weighted by atomic mass is 35.5. The molecule has 1 aliphatic rings. The second kappa shape index (κ2) is 4.10. The van der Waals surface area contributed by atoms with Crippen molar-refractivity contribution < 1.29 is 4.79 Å². The molecular formula is C13H16ClNO. The Bertz CT molecular complexity index is 410. The van der Waals surface area contributed by atoms with E-state index in [0.717, 1.165) is 18.4 Å². The van der Waals surface area contributed by atoms with E-state index in [9.17, 15) is 4.79 Å². The molecule has 0 saturated heterocycles. The summed E-state index contributed by atoms with van der Waals surface area (Å²) in [6, 6.07) is 7.80. The number of rotatable bonds is 3. The van der Waals surface area contributed by atoms with Gasteiger partial charge in [-0.05, 0) is 38.3 Å². The summed E-state index contributed by atoms with van der Waals surface area (Å²) in [5.41, 5.74) is 0.609. The van der Waals surface area contributed by atoms with Crippen molar-refractivity contribution in [1.82, 2.24) is 5.32 Å². The van der Waals surface area contributed by atoms with Gasteiger partial charge in [-0.25, -0.2) is 0 Å². The van der Waals surface area contributed by atoms with Crippen molar-refractivity contribution in [2.45, 2.75) is 38.1 Å². The van der Waals surface area contributed by atoms with E-state index < -0.39 is 0 Å². The molecule has 0 aliphatic heterocycles. The molecule has 0 radical (unpaired) electrons. The second-order valence-electron chi connectivity index (χ2n) is 4.69. The van der Waals surface area contributed by atoms with Crippen LogP contribution in [0.3, 0.4) is 0 Å². The van der Waals surface area contributed by atoms with E-state index in [1.165, 1.54) is 0 Å². The molecule has 0 spiro atoms. The molecular weight excluding hydrogens is 222 g/mol. The molecule has 0 atom stereocenters. The molecule has 2 nitrogen and oxygen atoms in total. The number of halogens is 1. The molecule has 0 bridgehead atoms. The first-order chi connectivity index (χ1) is 7.56. The van der Waals surface area contributed by atoms with Gasteiger partial charge in [0.1, 0.15) is 0 Å². The van der Waals surface area contributed by atoms with Crippen LogP contribution in [0.4, 0.5) is 0 Å². The van der Waals surface area contributed by atoms with Gasteiger partial charge in [-0.2, -0.15) is 0 Å². The molecule has 1 aromatic rings. The van der Waals surface area contributed by atoms with Crippen molar-refractivity contribution in [2.75, 3.05) is 0 Å². The molecule has 0 aromatic heterocycles. The number of hydrogen-bond donors (Lipinski definition) is 1. The van der Waals surface area contributed by atoms with Crippen molar-refractivity contribution in [2.24, 2.45) is 0 Å². The van der Waals surface area contributed by atoms with E-state index in [1.807, 2.05) is 38.1 Å².